The minimum Gasteiger partial charge on any atom is -0.352 e. The van der Waals surface area contributed by atoms with Crippen molar-refractivity contribution in [3.63, 3.8) is 0 Å². The molecule has 49 heavy (non-hydrogen) atoms. The molecule has 0 aromatic carbocycles. The fourth-order valence-corrected chi connectivity index (χ4v) is 8.23. The molecule has 2 aromatic rings. The number of aromatic amines is 2. The fourth-order valence-electron chi connectivity index (χ4n) is 4.71. The van der Waals surface area contributed by atoms with Gasteiger partial charge in [-0.05, 0) is 24.9 Å². The van der Waals surface area contributed by atoms with E-state index in [2.05, 4.69) is 47.7 Å². The highest BCUT2D eigenvalue weighted by molar-refractivity contribution is 7.66. The largest absolute Gasteiger partial charge is 0.490 e. The number of phosphoric acid groups is 3. The monoisotopic (exact) mass is 756 g/mol. The van der Waals surface area contributed by atoms with Crippen molar-refractivity contribution in [2.75, 3.05) is 13.2 Å². The summed E-state index contributed by atoms with van der Waals surface area (Å²) in [6.07, 6.45) is -2.97. The molecular formula is C20H27N10O16P3. The van der Waals surface area contributed by atoms with Gasteiger partial charge in [0.05, 0.1) is 37.5 Å². The lowest BCUT2D eigenvalue weighted by atomic mass is 10.1. The van der Waals surface area contributed by atoms with Crippen LogP contribution in [0.15, 0.2) is 41.8 Å². The third-order valence-electron chi connectivity index (χ3n) is 6.94. The molecule has 2 aliphatic rings. The summed E-state index contributed by atoms with van der Waals surface area (Å²) in [7, 11) is -17.2. The number of aromatic nitrogens is 4. The Labute approximate surface area is 271 Å². The van der Waals surface area contributed by atoms with Crippen LogP contribution in [0.1, 0.15) is 36.4 Å². The second-order valence-electron chi connectivity index (χ2n) is 10.4. The number of H-pyrrole nitrogens is 2. The smallest absolute Gasteiger partial charge is 0.352 e. The highest BCUT2D eigenvalue weighted by Crippen LogP contribution is 2.67. The maximum absolute atomic E-state index is 12.5. The number of nitrogens with one attached hydrogen (secondary N) is 2. The molecule has 2 aromatic heterocycles. The molecule has 8 atom stereocenters. The molecule has 5 N–H and O–H groups in total. The number of phosphoric ester groups is 2. The second-order valence-corrected chi connectivity index (χ2v) is 15.0. The standard InChI is InChI=1S/C20H27N10O16P3/c1-9-5-29(19(33)23-17(9)31)15-3-11(25-27-21)13(43-15)7-41-47(35,36)45-49(39,40)46-48(37,38)42-8-14-12(26-28-22)4-16(44-14)30-6-10(2)18(32)24-20(30)34/h5-6,11-16H,3-4,7-8H2,1-2H3,(H,35,36)(H,37,38)(H,39,40)(H,23,31,33)(H,24,32,34)/t11-,12-,13+,14+,15-,16-/m0/s1. The summed E-state index contributed by atoms with van der Waals surface area (Å²) in [4.78, 5) is 87.1. The molecule has 0 saturated carbocycles. The Bertz CT molecular complexity index is 1930. The highest BCUT2D eigenvalue weighted by Gasteiger charge is 2.45. The molecule has 0 amide bonds. The number of hydrogen-bond donors (Lipinski definition) is 5. The van der Waals surface area contributed by atoms with Crippen molar-refractivity contribution in [3.8, 4) is 0 Å². The molecule has 29 heteroatoms. The Hall–Kier alpha value is -3.69. The Morgan fingerprint density at radius 2 is 1.14 bits per heavy atom. The number of ether oxygens (including phenoxy) is 2. The minimum absolute atomic E-state index is 0.133. The van der Waals surface area contributed by atoms with E-state index in [-0.39, 0.29) is 24.0 Å². The molecule has 2 aliphatic heterocycles. The summed E-state index contributed by atoms with van der Waals surface area (Å²) >= 11 is 0. The van der Waals surface area contributed by atoms with Crippen molar-refractivity contribution in [1.82, 2.24) is 19.1 Å². The molecule has 0 spiro atoms. The molecule has 0 bridgehead atoms. The van der Waals surface area contributed by atoms with Gasteiger partial charge < -0.3 is 24.2 Å². The summed E-state index contributed by atoms with van der Waals surface area (Å²) < 4.78 is 67.8. The maximum atomic E-state index is 12.5. The van der Waals surface area contributed by atoms with Crippen molar-refractivity contribution >= 4 is 23.5 Å². The third-order valence-corrected chi connectivity index (χ3v) is 11.2. The number of rotatable bonds is 14. The maximum Gasteiger partial charge on any atom is 0.490 e. The van der Waals surface area contributed by atoms with E-state index in [0.29, 0.717) is 0 Å². The van der Waals surface area contributed by atoms with Crippen molar-refractivity contribution in [2.45, 2.75) is 63.4 Å². The zero-order valence-corrected chi connectivity index (χ0v) is 27.7. The van der Waals surface area contributed by atoms with Crippen molar-refractivity contribution in [2.24, 2.45) is 10.2 Å². The molecule has 2 fully saturated rings. The normalized spacial score (nSPS) is 27.3. The molecule has 268 valence electrons. The Morgan fingerprint density at radius 1 is 0.776 bits per heavy atom. The summed E-state index contributed by atoms with van der Waals surface area (Å²) in [6.45, 7) is 0.909. The van der Waals surface area contributed by atoms with Gasteiger partial charge in [-0.25, -0.2) is 23.3 Å². The second kappa shape index (κ2) is 15.1. The number of azide groups is 2. The van der Waals surface area contributed by atoms with E-state index in [4.69, 9.17) is 20.5 Å². The van der Waals surface area contributed by atoms with E-state index in [1.807, 2.05) is 0 Å². The van der Waals surface area contributed by atoms with Gasteiger partial charge in [0.1, 0.15) is 12.5 Å². The average molecular weight is 756 g/mol. The average Bonchev–Trinajstić information content (AvgIpc) is 3.57. The number of aryl methyl sites for hydroxylation is 2. The van der Waals surface area contributed by atoms with Crippen LogP contribution in [0.2, 0.25) is 0 Å². The van der Waals surface area contributed by atoms with Gasteiger partial charge in [-0.1, -0.05) is 10.2 Å². The van der Waals surface area contributed by atoms with Crippen molar-refractivity contribution < 1.29 is 55.5 Å². The van der Waals surface area contributed by atoms with E-state index < -0.39 is 95.9 Å². The Kier molecular flexibility index (Phi) is 11.7. The fraction of sp³-hybridized carbons (Fsp3) is 0.600. The van der Waals surface area contributed by atoms with Gasteiger partial charge in [0, 0.05) is 46.2 Å². The highest BCUT2D eigenvalue weighted by atomic mass is 31.3. The van der Waals surface area contributed by atoms with E-state index in [1.165, 1.54) is 26.2 Å². The van der Waals surface area contributed by atoms with Crippen molar-refractivity contribution in [3.05, 3.63) is 86.1 Å². The van der Waals surface area contributed by atoms with Gasteiger partial charge in [-0.2, -0.15) is 8.62 Å². The van der Waals surface area contributed by atoms with Gasteiger partial charge in [-0.15, -0.1) is 0 Å². The zero-order valence-electron chi connectivity index (χ0n) is 25.0. The molecular weight excluding hydrogens is 729 g/mol. The predicted molar refractivity (Wildman–Crippen MR) is 159 cm³/mol. The molecule has 2 unspecified atom stereocenters. The third kappa shape index (κ3) is 9.73. The van der Waals surface area contributed by atoms with Gasteiger partial charge in [0.15, 0.2) is 0 Å². The topological polar surface area (TPSA) is 375 Å². The quantitative estimate of drug-likeness (QED) is 0.0776. The Morgan fingerprint density at radius 3 is 1.49 bits per heavy atom. The first kappa shape index (κ1) is 38.1. The van der Waals surface area contributed by atoms with E-state index in [9.17, 15) is 47.6 Å². The lowest BCUT2D eigenvalue weighted by Gasteiger charge is -2.21. The summed E-state index contributed by atoms with van der Waals surface area (Å²) in [6, 6.07) is -2.23. The van der Waals surface area contributed by atoms with Crippen LogP contribution in [0, 0.1) is 13.8 Å². The van der Waals surface area contributed by atoms with Crippen molar-refractivity contribution in [1.29, 1.82) is 0 Å². The van der Waals surface area contributed by atoms with E-state index in [0.717, 1.165) is 9.13 Å². The SMILES string of the molecule is Cc1cn([C@@H]2C[C@H](N=[N+]=[N-])[C@@H](COP(=O)(O)OP(=O)(O)OP(=O)(O)OC[C@H]3O[C@H](n4cc(C)c(=O)[nH]c4=O)C[C@@H]3N=[N+]=[N-])O2)c(=O)[nH]c1=O. The van der Waals surface area contributed by atoms with E-state index >= 15 is 0 Å². The first-order valence-corrected chi connectivity index (χ1v) is 18.1. The predicted octanol–water partition coefficient (Wildman–Crippen LogP) is 1.00. The van der Waals surface area contributed by atoms with Gasteiger partial charge >= 0.3 is 34.8 Å². The first-order valence-electron chi connectivity index (χ1n) is 13.6. The minimum atomic E-state index is -5.95. The van der Waals surface area contributed by atoms with Crippen LogP contribution in [-0.2, 0) is 40.8 Å². The summed E-state index contributed by atoms with van der Waals surface area (Å²) in [5.74, 6) is 0. The number of nitrogens with zero attached hydrogens (tertiary/aromatic N) is 8. The van der Waals surface area contributed by atoms with Gasteiger partial charge in [0.25, 0.3) is 11.1 Å². The van der Waals surface area contributed by atoms with Crippen LogP contribution >= 0.6 is 23.5 Å². The first-order chi connectivity index (χ1) is 22.8. The van der Waals surface area contributed by atoms with Gasteiger partial charge in [0.2, 0.25) is 0 Å². The lowest BCUT2D eigenvalue weighted by molar-refractivity contribution is -0.0279. The van der Waals surface area contributed by atoms with Crippen LogP contribution in [0.4, 0.5) is 0 Å². The van der Waals surface area contributed by atoms with Crippen LogP contribution in [0.25, 0.3) is 20.9 Å². The van der Waals surface area contributed by atoms with Crippen LogP contribution in [-0.4, -0.2) is 71.3 Å². The molecule has 4 rings (SSSR count). The summed E-state index contributed by atoms with van der Waals surface area (Å²) in [5.41, 5.74) is 15.0. The van der Waals surface area contributed by atoms with Crippen LogP contribution < -0.4 is 22.5 Å². The van der Waals surface area contributed by atoms with Crippen LogP contribution in [0.5, 0.6) is 0 Å². The number of hydrogen-bond acceptors (Lipinski definition) is 15. The zero-order chi connectivity index (χ0) is 36.3. The molecule has 2 saturated heterocycles. The van der Waals surface area contributed by atoms with Crippen LogP contribution in [0.3, 0.4) is 0 Å². The molecule has 26 nitrogen and oxygen atoms in total. The van der Waals surface area contributed by atoms with E-state index in [1.54, 1.807) is 0 Å². The molecule has 4 heterocycles. The lowest BCUT2D eigenvalue weighted by Crippen LogP contribution is -2.33. The molecule has 0 aliphatic carbocycles. The molecule has 0 radical (unpaired) electrons. The van der Waals surface area contributed by atoms with Gasteiger partial charge in [-0.3, -0.25) is 37.7 Å². The summed E-state index contributed by atoms with van der Waals surface area (Å²) in [5, 5.41) is 6.94. The Balaban J connectivity index is 1.36.